The fraction of sp³-hybridized carbons (Fsp3) is 0.364. The summed E-state index contributed by atoms with van der Waals surface area (Å²) in [6.07, 6.45) is 3.63. The maximum Gasteiger partial charge on any atom is 0.165 e. The van der Waals surface area contributed by atoms with Crippen molar-refractivity contribution in [3.05, 3.63) is 34.3 Å². The topological polar surface area (TPSA) is 40.7 Å². The Hall–Kier alpha value is -0.780. The van der Waals surface area contributed by atoms with E-state index in [0.717, 1.165) is 24.0 Å². The molecule has 0 amide bonds. The maximum atomic E-state index is 4.16. The third-order valence-corrected chi connectivity index (χ3v) is 4.17. The van der Waals surface area contributed by atoms with Crippen LogP contribution >= 0.6 is 23.1 Å². The summed E-state index contributed by atoms with van der Waals surface area (Å²) >= 11 is 3.56. The van der Waals surface area contributed by atoms with Crippen molar-refractivity contribution in [2.24, 2.45) is 0 Å². The Morgan fingerprint density at radius 2 is 2.50 bits per heavy atom. The number of H-pyrrole nitrogens is 1. The number of aromatic amines is 1. The molecule has 0 aliphatic heterocycles. The fourth-order valence-corrected chi connectivity index (χ4v) is 2.94. The summed E-state index contributed by atoms with van der Waals surface area (Å²) in [7, 11) is 0. The van der Waals surface area contributed by atoms with Gasteiger partial charge in [-0.2, -0.15) is 0 Å². The van der Waals surface area contributed by atoms with Gasteiger partial charge >= 0.3 is 0 Å². The van der Waals surface area contributed by atoms with Gasteiger partial charge in [0.1, 0.15) is 0 Å². The number of imidazole rings is 1. The molecule has 16 heavy (non-hydrogen) atoms. The minimum Gasteiger partial charge on any atom is -0.340 e. The Balaban J connectivity index is 1.61. The van der Waals surface area contributed by atoms with Gasteiger partial charge in [-0.25, -0.2) is 4.98 Å². The Kier molecular flexibility index (Phi) is 4.44. The van der Waals surface area contributed by atoms with Crippen molar-refractivity contribution in [1.82, 2.24) is 15.3 Å². The predicted molar refractivity (Wildman–Crippen MR) is 70.1 cm³/mol. The van der Waals surface area contributed by atoms with E-state index in [2.05, 4.69) is 33.7 Å². The highest BCUT2D eigenvalue weighted by atomic mass is 32.2. The molecule has 5 heteroatoms. The van der Waals surface area contributed by atoms with Crippen molar-refractivity contribution in [2.45, 2.75) is 18.6 Å². The minimum atomic E-state index is 0.974. The molecule has 0 aliphatic rings. The first kappa shape index (κ1) is 11.7. The molecule has 2 rings (SSSR count). The van der Waals surface area contributed by atoms with Crippen LogP contribution in [0.1, 0.15) is 10.4 Å². The van der Waals surface area contributed by atoms with Crippen LogP contribution in [0, 0.1) is 6.92 Å². The van der Waals surface area contributed by atoms with Gasteiger partial charge in [-0.1, -0.05) is 11.8 Å². The second kappa shape index (κ2) is 6.08. The lowest BCUT2D eigenvalue weighted by atomic mass is 10.3. The molecule has 2 N–H and O–H groups in total. The van der Waals surface area contributed by atoms with E-state index in [1.165, 1.54) is 10.4 Å². The third kappa shape index (κ3) is 3.37. The number of thioether (sulfide) groups is 1. The molecular formula is C11H15N3S2. The first-order valence-electron chi connectivity index (χ1n) is 5.22. The van der Waals surface area contributed by atoms with Gasteiger partial charge in [0.05, 0.1) is 0 Å². The number of nitrogens with one attached hydrogen (secondary N) is 2. The Morgan fingerprint density at radius 1 is 1.56 bits per heavy atom. The van der Waals surface area contributed by atoms with Crippen LogP contribution in [-0.2, 0) is 6.54 Å². The maximum absolute atomic E-state index is 4.16. The molecule has 0 aromatic carbocycles. The lowest BCUT2D eigenvalue weighted by Gasteiger charge is -2.02. The lowest BCUT2D eigenvalue weighted by Crippen LogP contribution is -2.16. The molecule has 2 aromatic heterocycles. The highest BCUT2D eigenvalue weighted by Gasteiger charge is 1.99. The van der Waals surface area contributed by atoms with Crippen LogP contribution in [0.2, 0.25) is 0 Å². The quantitative estimate of drug-likeness (QED) is 0.614. The summed E-state index contributed by atoms with van der Waals surface area (Å²) in [5.41, 5.74) is 1.39. The largest absolute Gasteiger partial charge is 0.340 e. The van der Waals surface area contributed by atoms with Crippen LogP contribution in [0.25, 0.3) is 0 Å². The summed E-state index contributed by atoms with van der Waals surface area (Å²) < 4.78 is 0. The predicted octanol–water partition coefficient (Wildman–Crippen LogP) is 2.66. The molecule has 2 aromatic rings. The van der Waals surface area contributed by atoms with Gasteiger partial charge in [-0.15, -0.1) is 11.3 Å². The number of hydrogen-bond acceptors (Lipinski definition) is 4. The second-order valence-electron chi connectivity index (χ2n) is 3.45. The first-order chi connectivity index (χ1) is 7.86. The van der Waals surface area contributed by atoms with E-state index >= 15 is 0 Å². The highest BCUT2D eigenvalue weighted by molar-refractivity contribution is 7.99. The minimum absolute atomic E-state index is 0.974. The van der Waals surface area contributed by atoms with E-state index in [1.54, 1.807) is 18.0 Å². The van der Waals surface area contributed by atoms with Crippen molar-refractivity contribution in [3.8, 4) is 0 Å². The number of aromatic nitrogens is 2. The van der Waals surface area contributed by atoms with Gasteiger partial charge in [0.15, 0.2) is 5.16 Å². The second-order valence-corrected chi connectivity index (χ2v) is 5.53. The molecule has 0 spiro atoms. The standard InChI is InChI=1S/C11H15N3S2/c1-9-2-6-15-10(9)8-12-5-7-16-11-13-3-4-14-11/h2-4,6,12H,5,7-8H2,1H3,(H,13,14). The average Bonchev–Trinajstić information content (AvgIpc) is 2.90. The highest BCUT2D eigenvalue weighted by Crippen LogP contribution is 2.15. The van der Waals surface area contributed by atoms with Crippen LogP contribution in [0.4, 0.5) is 0 Å². The first-order valence-corrected chi connectivity index (χ1v) is 7.08. The van der Waals surface area contributed by atoms with E-state index in [4.69, 9.17) is 0 Å². The van der Waals surface area contributed by atoms with Gasteiger partial charge in [0, 0.05) is 36.1 Å². The molecule has 0 bridgehead atoms. The van der Waals surface area contributed by atoms with Crippen LogP contribution in [0.5, 0.6) is 0 Å². The van der Waals surface area contributed by atoms with Crippen LogP contribution < -0.4 is 5.32 Å². The van der Waals surface area contributed by atoms with Crippen molar-refractivity contribution in [1.29, 1.82) is 0 Å². The van der Waals surface area contributed by atoms with Crippen molar-refractivity contribution >= 4 is 23.1 Å². The molecule has 86 valence electrons. The lowest BCUT2D eigenvalue weighted by molar-refractivity contribution is 0.737. The number of aryl methyl sites for hydroxylation is 1. The van der Waals surface area contributed by atoms with E-state index in [-0.39, 0.29) is 0 Å². The number of nitrogens with zero attached hydrogens (tertiary/aromatic N) is 1. The molecule has 0 saturated carbocycles. The molecule has 2 heterocycles. The van der Waals surface area contributed by atoms with Crippen molar-refractivity contribution in [2.75, 3.05) is 12.3 Å². The summed E-state index contributed by atoms with van der Waals surface area (Å²) in [4.78, 5) is 8.67. The van der Waals surface area contributed by atoms with Gasteiger partial charge in [-0.3, -0.25) is 0 Å². The monoisotopic (exact) mass is 253 g/mol. The summed E-state index contributed by atoms with van der Waals surface area (Å²) in [6, 6.07) is 2.17. The zero-order valence-electron chi connectivity index (χ0n) is 9.19. The molecule has 3 nitrogen and oxygen atoms in total. The molecule has 0 aliphatic carbocycles. The van der Waals surface area contributed by atoms with E-state index in [9.17, 15) is 0 Å². The van der Waals surface area contributed by atoms with Gasteiger partial charge in [-0.05, 0) is 23.9 Å². The Labute approximate surface area is 104 Å². The zero-order valence-corrected chi connectivity index (χ0v) is 10.8. The van der Waals surface area contributed by atoms with Crippen LogP contribution in [0.3, 0.4) is 0 Å². The Morgan fingerprint density at radius 3 is 3.19 bits per heavy atom. The third-order valence-electron chi connectivity index (χ3n) is 2.24. The molecule has 0 atom stereocenters. The van der Waals surface area contributed by atoms with E-state index in [0.29, 0.717) is 0 Å². The molecule has 0 fully saturated rings. The van der Waals surface area contributed by atoms with E-state index < -0.39 is 0 Å². The van der Waals surface area contributed by atoms with Crippen LogP contribution in [-0.4, -0.2) is 22.3 Å². The molecule has 0 radical (unpaired) electrons. The molecular weight excluding hydrogens is 238 g/mol. The summed E-state index contributed by atoms with van der Waals surface area (Å²) in [5, 5.41) is 6.58. The summed E-state index contributed by atoms with van der Waals surface area (Å²) in [5.74, 6) is 1.04. The smallest absolute Gasteiger partial charge is 0.165 e. The van der Waals surface area contributed by atoms with E-state index in [1.807, 2.05) is 17.5 Å². The van der Waals surface area contributed by atoms with Crippen LogP contribution in [0.15, 0.2) is 29.0 Å². The molecule has 0 saturated heterocycles. The summed E-state index contributed by atoms with van der Waals surface area (Å²) in [6.45, 7) is 4.13. The normalized spacial score (nSPS) is 10.8. The Bertz CT molecular complexity index is 409. The van der Waals surface area contributed by atoms with Gasteiger partial charge in [0.2, 0.25) is 0 Å². The van der Waals surface area contributed by atoms with Gasteiger partial charge < -0.3 is 10.3 Å². The fourth-order valence-electron chi connectivity index (χ4n) is 1.34. The van der Waals surface area contributed by atoms with Gasteiger partial charge in [0.25, 0.3) is 0 Å². The SMILES string of the molecule is Cc1ccsc1CNCCSc1ncc[nH]1. The van der Waals surface area contributed by atoms with Crippen molar-refractivity contribution < 1.29 is 0 Å². The molecule has 0 unspecified atom stereocenters. The number of hydrogen-bond donors (Lipinski definition) is 2. The van der Waals surface area contributed by atoms with Crippen molar-refractivity contribution in [3.63, 3.8) is 0 Å². The average molecular weight is 253 g/mol. The number of thiophene rings is 1. The zero-order chi connectivity index (χ0) is 11.2. The number of rotatable bonds is 6.